The van der Waals surface area contributed by atoms with E-state index in [9.17, 15) is 9.59 Å². The van der Waals surface area contributed by atoms with Crippen LogP contribution < -0.4 is 5.32 Å². The van der Waals surface area contributed by atoms with Gasteiger partial charge in [0.1, 0.15) is 0 Å². The van der Waals surface area contributed by atoms with Gasteiger partial charge in [-0.3, -0.25) is 4.79 Å². The lowest BCUT2D eigenvalue weighted by atomic mass is 10.2. The van der Waals surface area contributed by atoms with Crippen molar-refractivity contribution in [1.29, 1.82) is 0 Å². The smallest absolute Gasteiger partial charge is 0.328 e. The van der Waals surface area contributed by atoms with Crippen molar-refractivity contribution in [3.63, 3.8) is 0 Å². The van der Waals surface area contributed by atoms with Gasteiger partial charge in [0.2, 0.25) is 0 Å². The summed E-state index contributed by atoms with van der Waals surface area (Å²) in [4.78, 5) is 23.2. The fraction of sp³-hybridized carbons (Fsp3) is 0.0667. The van der Waals surface area contributed by atoms with E-state index in [0.717, 1.165) is 11.6 Å². The Bertz CT molecular complexity index is 673. The number of carboxylic acid groups (broad SMARTS) is 1. The number of amides is 1. The van der Waals surface area contributed by atoms with Gasteiger partial charge in [-0.2, -0.15) is 0 Å². The molecule has 0 aliphatic heterocycles. The summed E-state index contributed by atoms with van der Waals surface area (Å²) in [7, 11) is 0. The number of aliphatic carboxylic acids is 1. The largest absolute Gasteiger partial charge is 0.478 e. The number of aryl methyl sites for hydroxylation is 1. The summed E-state index contributed by atoms with van der Waals surface area (Å²) in [5, 5.41) is 13.3. The minimum atomic E-state index is -1.01. The monoisotopic (exact) mass is 287 g/mol. The molecule has 0 aliphatic rings. The highest BCUT2D eigenvalue weighted by Crippen LogP contribution is 2.18. The van der Waals surface area contributed by atoms with E-state index in [-0.39, 0.29) is 5.91 Å². The van der Waals surface area contributed by atoms with Crippen molar-refractivity contribution in [2.24, 2.45) is 0 Å². The van der Waals surface area contributed by atoms with Crippen molar-refractivity contribution in [2.75, 3.05) is 5.32 Å². The number of anilines is 1. The van der Waals surface area contributed by atoms with E-state index in [4.69, 9.17) is 5.11 Å². The van der Waals surface area contributed by atoms with Gasteiger partial charge in [-0.05, 0) is 47.7 Å². The van der Waals surface area contributed by atoms with Crippen molar-refractivity contribution in [2.45, 2.75) is 6.92 Å². The minimum Gasteiger partial charge on any atom is -0.478 e. The van der Waals surface area contributed by atoms with Gasteiger partial charge in [-0.1, -0.05) is 12.1 Å². The molecule has 1 aromatic carbocycles. The zero-order valence-electron chi connectivity index (χ0n) is 10.8. The molecule has 0 spiro atoms. The van der Waals surface area contributed by atoms with Gasteiger partial charge in [0.05, 0.1) is 4.88 Å². The minimum absolute atomic E-state index is 0.156. The van der Waals surface area contributed by atoms with E-state index in [0.29, 0.717) is 16.1 Å². The molecule has 0 aliphatic carbocycles. The van der Waals surface area contributed by atoms with Gasteiger partial charge >= 0.3 is 5.97 Å². The molecule has 5 heteroatoms. The summed E-state index contributed by atoms with van der Waals surface area (Å²) in [6.07, 6.45) is 2.54. The Morgan fingerprint density at radius 2 is 2.10 bits per heavy atom. The Balaban J connectivity index is 2.14. The molecule has 0 unspecified atom stereocenters. The highest BCUT2D eigenvalue weighted by molar-refractivity contribution is 7.12. The number of carbonyl (C=O) groups is 2. The number of hydrogen-bond donors (Lipinski definition) is 2. The molecule has 0 bridgehead atoms. The Morgan fingerprint density at radius 1 is 1.30 bits per heavy atom. The molecule has 102 valence electrons. The van der Waals surface area contributed by atoms with Crippen LogP contribution in [-0.4, -0.2) is 17.0 Å². The summed E-state index contributed by atoms with van der Waals surface area (Å²) >= 11 is 1.39. The van der Waals surface area contributed by atoms with Crippen LogP contribution in [-0.2, 0) is 4.79 Å². The van der Waals surface area contributed by atoms with Crippen molar-refractivity contribution >= 4 is 35.0 Å². The maximum Gasteiger partial charge on any atom is 0.328 e. The number of nitrogens with one attached hydrogen (secondary N) is 1. The molecule has 1 aromatic heterocycles. The quantitative estimate of drug-likeness (QED) is 0.847. The number of carboxylic acids is 1. The molecular weight excluding hydrogens is 274 g/mol. The number of benzene rings is 1. The first-order valence-corrected chi connectivity index (χ1v) is 6.81. The second kappa shape index (κ2) is 6.16. The first-order valence-electron chi connectivity index (χ1n) is 5.93. The van der Waals surface area contributed by atoms with Crippen molar-refractivity contribution < 1.29 is 14.7 Å². The van der Waals surface area contributed by atoms with E-state index in [1.54, 1.807) is 24.3 Å². The number of rotatable bonds is 4. The van der Waals surface area contributed by atoms with Gasteiger partial charge in [0.25, 0.3) is 5.91 Å². The Kier molecular flexibility index (Phi) is 4.32. The summed E-state index contributed by atoms with van der Waals surface area (Å²) in [6, 6.07) is 8.91. The van der Waals surface area contributed by atoms with E-state index in [2.05, 4.69) is 5.32 Å². The Morgan fingerprint density at radius 3 is 2.75 bits per heavy atom. The fourth-order valence-electron chi connectivity index (χ4n) is 1.68. The van der Waals surface area contributed by atoms with E-state index in [1.807, 2.05) is 18.4 Å². The van der Waals surface area contributed by atoms with Crippen LogP contribution in [0.3, 0.4) is 0 Å². The van der Waals surface area contributed by atoms with E-state index in [1.165, 1.54) is 17.4 Å². The van der Waals surface area contributed by atoms with Crippen molar-refractivity contribution in [3.05, 3.63) is 57.8 Å². The normalized spacial score (nSPS) is 10.7. The first-order chi connectivity index (χ1) is 9.56. The van der Waals surface area contributed by atoms with Gasteiger partial charge in [0, 0.05) is 11.8 Å². The zero-order valence-corrected chi connectivity index (χ0v) is 11.6. The van der Waals surface area contributed by atoms with Crippen LogP contribution in [0.4, 0.5) is 5.69 Å². The van der Waals surface area contributed by atoms with Crippen LogP contribution in [0.25, 0.3) is 6.08 Å². The van der Waals surface area contributed by atoms with Gasteiger partial charge < -0.3 is 10.4 Å². The van der Waals surface area contributed by atoms with Crippen molar-refractivity contribution in [3.8, 4) is 0 Å². The van der Waals surface area contributed by atoms with E-state index >= 15 is 0 Å². The predicted molar refractivity (Wildman–Crippen MR) is 80.1 cm³/mol. The molecule has 2 aromatic rings. The lowest BCUT2D eigenvalue weighted by Gasteiger charge is -2.05. The summed E-state index contributed by atoms with van der Waals surface area (Å²) < 4.78 is 0. The van der Waals surface area contributed by atoms with Crippen LogP contribution in [0.5, 0.6) is 0 Å². The summed E-state index contributed by atoms with van der Waals surface area (Å²) in [5.41, 5.74) is 2.29. The van der Waals surface area contributed by atoms with Crippen molar-refractivity contribution in [1.82, 2.24) is 0 Å². The fourth-order valence-corrected chi connectivity index (χ4v) is 2.50. The highest BCUT2D eigenvalue weighted by Gasteiger charge is 2.10. The predicted octanol–water partition coefficient (Wildman–Crippen LogP) is 3.41. The molecule has 0 saturated carbocycles. The summed E-state index contributed by atoms with van der Waals surface area (Å²) in [5.74, 6) is -1.16. The molecule has 4 nitrogen and oxygen atoms in total. The van der Waals surface area contributed by atoms with Gasteiger partial charge in [0.15, 0.2) is 0 Å². The van der Waals surface area contributed by atoms with Gasteiger partial charge in [-0.25, -0.2) is 4.79 Å². The van der Waals surface area contributed by atoms with Crippen LogP contribution in [0.15, 0.2) is 41.8 Å². The maximum atomic E-state index is 12.1. The van der Waals surface area contributed by atoms with Crippen LogP contribution in [0.1, 0.15) is 20.8 Å². The lowest BCUT2D eigenvalue weighted by molar-refractivity contribution is -0.131. The third-order valence-electron chi connectivity index (χ3n) is 2.63. The van der Waals surface area contributed by atoms with Gasteiger partial charge in [-0.15, -0.1) is 11.3 Å². The average Bonchev–Trinajstić information content (AvgIpc) is 2.83. The Labute approximate surface area is 120 Å². The first kappa shape index (κ1) is 14.0. The molecule has 1 heterocycles. The molecule has 0 radical (unpaired) electrons. The third kappa shape index (κ3) is 3.55. The molecule has 0 atom stereocenters. The Hall–Kier alpha value is -2.40. The zero-order chi connectivity index (χ0) is 14.5. The lowest BCUT2D eigenvalue weighted by Crippen LogP contribution is -2.11. The molecule has 0 saturated heterocycles. The topological polar surface area (TPSA) is 66.4 Å². The molecule has 20 heavy (non-hydrogen) atoms. The van der Waals surface area contributed by atoms with E-state index < -0.39 is 5.97 Å². The maximum absolute atomic E-state index is 12.1. The van der Waals surface area contributed by atoms with Crippen LogP contribution in [0.2, 0.25) is 0 Å². The molecule has 1 amide bonds. The second-order valence-corrected chi connectivity index (χ2v) is 5.10. The molecule has 2 rings (SSSR count). The average molecular weight is 287 g/mol. The number of carbonyl (C=O) groups excluding carboxylic acids is 1. The molecule has 2 N–H and O–H groups in total. The van der Waals surface area contributed by atoms with Crippen LogP contribution in [0, 0.1) is 6.92 Å². The third-order valence-corrected chi connectivity index (χ3v) is 3.65. The highest BCUT2D eigenvalue weighted by atomic mass is 32.1. The number of hydrogen-bond acceptors (Lipinski definition) is 3. The number of thiophene rings is 1. The molecule has 0 fully saturated rings. The second-order valence-electron chi connectivity index (χ2n) is 4.18. The standard InChI is InChI=1S/C15H13NO3S/c1-10-7-8-20-14(10)15(19)16-12-4-2-3-11(9-12)5-6-13(17)18/h2-9H,1H3,(H,16,19)(H,17,18)/b6-5+. The SMILES string of the molecule is Cc1ccsc1C(=O)Nc1cccc(/C=C/C(=O)O)c1. The molecular formula is C15H13NO3S. The summed E-state index contributed by atoms with van der Waals surface area (Å²) in [6.45, 7) is 1.89. The van der Waals surface area contributed by atoms with Crippen LogP contribution >= 0.6 is 11.3 Å².